The highest BCUT2D eigenvalue weighted by atomic mass is 19.1. The third-order valence-corrected chi connectivity index (χ3v) is 6.68. The Labute approximate surface area is 180 Å². The monoisotopic (exact) mass is 424 g/mol. The first-order chi connectivity index (χ1) is 15.0. The zero-order valence-corrected chi connectivity index (χ0v) is 17.5. The van der Waals surface area contributed by atoms with Gasteiger partial charge in [-0.3, -0.25) is 9.69 Å². The van der Waals surface area contributed by atoms with E-state index in [-0.39, 0.29) is 30.0 Å². The Balaban J connectivity index is 1.69. The molecule has 2 aliphatic heterocycles. The second-order valence-corrected chi connectivity index (χ2v) is 8.31. The number of ether oxygens (including phenoxy) is 2. The first-order valence-corrected chi connectivity index (χ1v) is 10.6. The summed E-state index contributed by atoms with van der Waals surface area (Å²) in [4.78, 5) is 23.5. The second kappa shape index (κ2) is 7.30. The number of nitrogens with zero attached hydrogens (tertiary/aromatic N) is 3. The molecule has 31 heavy (non-hydrogen) atoms. The molecule has 7 nitrogen and oxygen atoms in total. The Morgan fingerprint density at radius 2 is 2.19 bits per heavy atom. The molecule has 162 valence electrons. The van der Waals surface area contributed by atoms with Crippen LogP contribution in [-0.2, 0) is 15.1 Å². The lowest BCUT2D eigenvalue weighted by atomic mass is 9.66. The first kappa shape index (κ1) is 19.9. The van der Waals surface area contributed by atoms with Crippen molar-refractivity contribution < 1.29 is 18.7 Å². The highest BCUT2D eigenvalue weighted by Crippen LogP contribution is 2.54. The second-order valence-electron chi connectivity index (χ2n) is 8.31. The Kier molecular flexibility index (Phi) is 4.69. The lowest BCUT2D eigenvalue weighted by molar-refractivity contribution is -0.139. The molecule has 0 bridgehead atoms. The van der Waals surface area contributed by atoms with Gasteiger partial charge in [-0.15, -0.1) is 0 Å². The van der Waals surface area contributed by atoms with E-state index in [0.717, 1.165) is 12.8 Å². The summed E-state index contributed by atoms with van der Waals surface area (Å²) in [6, 6.07) is 8.72. The molecule has 3 aliphatic rings. The SMILES string of the molecule is CCO[C@@H]1CC[C@@H]2Oc3ccc(-c4cccnc4F)cc3[C@]3(N=C(N)N(C)C3=O)[C@H]2C1. The van der Waals surface area contributed by atoms with Crippen LogP contribution in [-0.4, -0.2) is 47.6 Å². The highest BCUT2D eigenvalue weighted by molar-refractivity contribution is 6.07. The van der Waals surface area contributed by atoms with Gasteiger partial charge in [0.2, 0.25) is 5.95 Å². The lowest BCUT2D eigenvalue weighted by Crippen LogP contribution is -2.55. The van der Waals surface area contributed by atoms with Gasteiger partial charge in [0, 0.05) is 36.9 Å². The van der Waals surface area contributed by atoms with Crippen LogP contribution in [0, 0.1) is 11.9 Å². The standard InChI is InChI=1S/C23H25FN4O3/c1-3-30-14-7-9-19-17(12-14)23(21(29)28(2)22(25)27-23)16-11-13(6-8-18(16)31-19)15-5-4-10-26-20(15)24/h4-6,8,10-11,14,17,19H,3,7,9,12H2,1-2H3,(H2,25,27)/t14-,17+,19+,23+/m1/s1. The summed E-state index contributed by atoms with van der Waals surface area (Å²) < 4.78 is 26.6. The normalized spacial score (nSPS) is 29.4. The van der Waals surface area contributed by atoms with Gasteiger partial charge in [0.25, 0.3) is 5.91 Å². The maximum Gasteiger partial charge on any atom is 0.262 e. The van der Waals surface area contributed by atoms with Gasteiger partial charge in [-0.1, -0.05) is 6.07 Å². The molecule has 1 amide bonds. The fourth-order valence-electron chi connectivity index (χ4n) is 5.21. The van der Waals surface area contributed by atoms with Crippen molar-refractivity contribution in [1.82, 2.24) is 9.88 Å². The third kappa shape index (κ3) is 2.92. The molecular formula is C23H25FN4O3. The molecule has 5 rings (SSSR count). The van der Waals surface area contributed by atoms with Crippen LogP contribution in [0.3, 0.4) is 0 Å². The van der Waals surface area contributed by atoms with Gasteiger partial charge in [-0.2, -0.15) is 4.39 Å². The third-order valence-electron chi connectivity index (χ3n) is 6.68. The first-order valence-electron chi connectivity index (χ1n) is 10.6. The van der Waals surface area contributed by atoms with Crippen LogP contribution in [0.15, 0.2) is 41.5 Å². The summed E-state index contributed by atoms with van der Waals surface area (Å²) in [5, 5.41) is 0. The quantitative estimate of drug-likeness (QED) is 0.766. The van der Waals surface area contributed by atoms with Crippen molar-refractivity contribution in [3.8, 4) is 16.9 Å². The fourth-order valence-corrected chi connectivity index (χ4v) is 5.21. The molecule has 1 fully saturated rings. The van der Waals surface area contributed by atoms with Crippen molar-refractivity contribution in [2.75, 3.05) is 13.7 Å². The number of carbonyl (C=O) groups excluding carboxylic acids is 1. The summed E-state index contributed by atoms with van der Waals surface area (Å²) in [6.45, 7) is 2.57. The van der Waals surface area contributed by atoms with E-state index in [1.165, 1.54) is 11.1 Å². The largest absolute Gasteiger partial charge is 0.490 e. The summed E-state index contributed by atoms with van der Waals surface area (Å²) in [7, 11) is 1.63. The minimum absolute atomic E-state index is 0.0300. The van der Waals surface area contributed by atoms with Crippen LogP contribution >= 0.6 is 0 Å². The van der Waals surface area contributed by atoms with Crippen molar-refractivity contribution in [2.45, 2.75) is 43.9 Å². The maximum atomic E-state index is 14.4. The van der Waals surface area contributed by atoms with E-state index >= 15 is 0 Å². The van der Waals surface area contributed by atoms with Gasteiger partial charge in [0.05, 0.1) is 6.10 Å². The van der Waals surface area contributed by atoms with E-state index in [1.807, 2.05) is 6.92 Å². The van der Waals surface area contributed by atoms with E-state index in [0.29, 0.717) is 35.5 Å². The lowest BCUT2D eigenvalue weighted by Gasteiger charge is -2.47. The number of aromatic nitrogens is 1. The molecule has 1 spiro atoms. The van der Waals surface area contributed by atoms with Gasteiger partial charge in [0.1, 0.15) is 11.9 Å². The number of benzene rings is 1. The van der Waals surface area contributed by atoms with Gasteiger partial charge < -0.3 is 15.2 Å². The van der Waals surface area contributed by atoms with Crippen LogP contribution < -0.4 is 10.5 Å². The summed E-state index contributed by atoms with van der Waals surface area (Å²) in [5.41, 5.74) is 6.51. The molecule has 3 heterocycles. The number of halogens is 1. The Hall–Kier alpha value is -3.00. The summed E-state index contributed by atoms with van der Waals surface area (Å²) in [6.07, 6.45) is 3.53. The maximum absolute atomic E-state index is 14.4. The molecular weight excluding hydrogens is 399 g/mol. The topological polar surface area (TPSA) is 90.0 Å². The number of rotatable bonds is 3. The molecule has 1 aromatic carbocycles. The van der Waals surface area contributed by atoms with Gasteiger partial charge in [-0.05, 0) is 56.0 Å². The number of amides is 1. The number of carbonyl (C=O) groups is 1. The van der Waals surface area contributed by atoms with E-state index < -0.39 is 11.5 Å². The number of fused-ring (bicyclic) bond motifs is 4. The highest BCUT2D eigenvalue weighted by Gasteiger charge is 2.61. The van der Waals surface area contributed by atoms with Crippen molar-refractivity contribution in [1.29, 1.82) is 0 Å². The molecule has 8 heteroatoms. The minimum Gasteiger partial charge on any atom is -0.490 e. The zero-order valence-electron chi connectivity index (χ0n) is 17.5. The van der Waals surface area contributed by atoms with Crippen LogP contribution in [0.4, 0.5) is 4.39 Å². The molecule has 1 saturated carbocycles. The number of aliphatic imine (C=N–C) groups is 1. The zero-order chi connectivity index (χ0) is 21.8. The van der Waals surface area contributed by atoms with Gasteiger partial charge in [0.15, 0.2) is 11.5 Å². The van der Waals surface area contributed by atoms with Crippen LogP contribution in [0.2, 0.25) is 0 Å². The number of pyridine rings is 1. The van der Waals surface area contributed by atoms with Crippen LogP contribution in [0.5, 0.6) is 5.75 Å². The minimum atomic E-state index is -1.21. The number of hydrogen-bond acceptors (Lipinski definition) is 6. The molecule has 1 aromatic heterocycles. The molecule has 1 aliphatic carbocycles. The number of hydrogen-bond donors (Lipinski definition) is 1. The summed E-state index contributed by atoms with van der Waals surface area (Å²) >= 11 is 0. The van der Waals surface area contributed by atoms with Crippen LogP contribution in [0.1, 0.15) is 31.7 Å². The van der Waals surface area contributed by atoms with Crippen molar-refractivity contribution in [3.63, 3.8) is 0 Å². The number of likely N-dealkylation sites (N-methyl/N-ethyl adjacent to an activating group) is 1. The average molecular weight is 424 g/mol. The molecule has 4 atom stereocenters. The van der Waals surface area contributed by atoms with Crippen molar-refractivity contribution >= 4 is 11.9 Å². The Morgan fingerprint density at radius 3 is 2.90 bits per heavy atom. The summed E-state index contributed by atoms with van der Waals surface area (Å²) in [5.74, 6) is -0.226. The van der Waals surface area contributed by atoms with E-state index in [1.54, 1.807) is 37.4 Å². The molecule has 0 saturated heterocycles. The van der Waals surface area contributed by atoms with Crippen molar-refractivity contribution in [3.05, 3.63) is 48.0 Å². The van der Waals surface area contributed by atoms with E-state index in [2.05, 4.69) is 4.98 Å². The molecule has 2 N–H and O–H groups in total. The fraction of sp³-hybridized carbons (Fsp3) is 0.435. The number of guanidine groups is 1. The van der Waals surface area contributed by atoms with Gasteiger partial charge >= 0.3 is 0 Å². The number of nitrogens with two attached hydrogens (primary N) is 1. The van der Waals surface area contributed by atoms with Crippen molar-refractivity contribution in [2.24, 2.45) is 16.6 Å². The van der Waals surface area contributed by atoms with Crippen LogP contribution in [0.25, 0.3) is 11.1 Å². The Morgan fingerprint density at radius 1 is 1.35 bits per heavy atom. The molecule has 2 aromatic rings. The predicted octanol–water partition coefficient (Wildman–Crippen LogP) is 2.84. The van der Waals surface area contributed by atoms with E-state index in [4.69, 9.17) is 20.2 Å². The van der Waals surface area contributed by atoms with Gasteiger partial charge in [-0.25, -0.2) is 9.98 Å². The average Bonchev–Trinajstić information content (AvgIpc) is 3.00. The Bertz CT molecular complexity index is 1070. The predicted molar refractivity (Wildman–Crippen MR) is 113 cm³/mol. The van der Waals surface area contributed by atoms with E-state index in [9.17, 15) is 9.18 Å². The molecule has 0 unspecified atom stereocenters. The smallest absolute Gasteiger partial charge is 0.262 e. The molecule has 0 radical (unpaired) electrons.